The SMILES string of the molecule is CCCN(C)c1c(S(N)(=O)=O)ccc(Sc2cccs2)c1[N+](=O)[O-]. The van der Waals surface area contributed by atoms with Crippen LogP contribution in [-0.4, -0.2) is 26.9 Å². The molecule has 1 aromatic carbocycles. The van der Waals surface area contributed by atoms with E-state index < -0.39 is 14.9 Å². The average molecular weight is 388 g/mol. The number of hydrogen-bond donors (Lipinski definition) is 1. The monoisotopic (exact) mass is 387 g/mol. The molecule has 0 saturated heterocycles. The third-order valence-electron chi connectivity index (χ3n) is 3.21. The molecule has 1 aromatic heterocycles. The van der Waals surface area contributed by atoms with E-state index in [1.54, 1.807) is 11.9 Å². The zero-order valence-electron chi connectivity index (χ0n) is 13.1. The van der Waals surface area contributed by atoms with Gasteiger partial charge in [-0.3, -0.25) is 10.1 Å². The lowest BCUT2D eigenvalue weighted by atomic mass is 10.2. The Balaban J connectivity index is 2.70. The van der Waals surface area contributed by atoms with Crippen LogP contribution in [0.1, 0.15) is 13.3 Å². The van der Waals surface area contributed by atoms with Crippen molar-refractivity contribution in [2.75, 3.05) is 18.5 Å². The maximum absolute atomic E-state index is 11.9. The first-order chi connectivity index (χ1) is 11.3. The molecular formula is C14H17N3O4S3. The van der Waals surface area contributed by atoms with Crippen LogP contribution in [0.3, 0.4) is 0 Å². The van der Waals surface area contributed by atoms with Crippen molar-refractivity contribution in [3.05, 3.63) is 39.8 Å². The summed E-state index contributed by atoms with van der Waals surface area (Å²) in [4.78, 5) is 12.9. The van der Waals surface area contributed by atoms with Gasteiger partial charge >= 0.3 is 5.69 Å². The summed E-state index contributed by atoms with van der Waals surface area (Å²) in [6, 6.07) is 6.47. The van der Waals surface area contributed by atoms with Crippen LogP contribution >= 0.6 is 23.1 Å². The molecule has 7 nitrogen and oxygen atoms in total. The van der Waals surface area contributed by atoms with Crippen molar-refractivity contribution in [1.82, 2.24) is 0 Å². The first kappa shape index (κ1) is 18.7. The molecule has 2 aromatic rings. The van der Waals surface area contributed by atoms with Crippen molar-refractivity contribution in [3.63, 3.8) is 0 Å². The third-order valence-corrected chi connectivity index (χ3v) is 6.24. The van der Waals surface area contributed by atoms with E-state index in [1.807, 2.05) is 24.4 Å². The summed E-state index contributed by atoms with van der Waals surface area (Å²) >= 11 is 2.69. The quantitative estimate of drug-likeness (QED) is 0.577. The first-order valence-corrected chi connectivity index (χ1v) is 10.3. The molecule has 130 valence electrons. The van der Waals surface area contributed by atoms with Crippen LogP contribution in [0.15, 0.2) is 43.6 Å². The zero-order valence-corrected chi connectivity index (χ0v) is 15.6. The summed E-state index contributed by atoms with van der Waals surface area (Å²) in [6.07, 6.45) is 0.708. The topological polar surface area (TPSA) is 107 Å². The van der Waals surface area contributed by atoms with Gasteiger partial charge in [-0.05, 0) is 30.0 Å². The normalized spacial score (nSPS) is 11.5. The summed E-state index contributed by atoms with van der Waals surface area (Å²) < 4.78 is 24.7. The van der Waals surface area contributed by atoms with Crippen LogP contribution in [0.25, 0.3) is 0 Å². The van der Waals surface area contributed by atoms with Gasteiger partial charge in [0.15, 0.2) is 0 Å². The van der Waals surface area contributed by atoms with Gasteiger partial charge in [0.05, 0.1) is 14.0 Å². The van der Waals surface area contributed by atoms with E-state index >= 15 is 0 Å². The van der Waals surface area contributed by atoms with Crippen LogP contribution < -0.4 is 10.0 Å². The Morgan fingerprint density at radius 3 is 2.58 bits per heavy atom. The highest BCUT2D eigenvalue weighted by atomic mass is 32.2. The van der Waals surface area contributed by atoms with Gasteiger partial charge in [-0.25, -0.2) is 13.6 Å². The molecule has 0 atom stereocenters. The van der Waals surface area contributed by atoms with Crippen molar-refractivity contribution in [1.29, 1.82) is 0 Å². The highest BCUT2D eigenvalue weighted by Gasteiger charge is 2.30. The highest BCUT2D eigenvalue weighted by Crippen LogP contribution is 2.44. The first-order valence-electron chi connectivity index (χ1n) is 7.02. The summed E-state index contributed by atoms with van der Waals surface area (Å²) in [5, 5.41) is 18.8. The van der Waals surface area contributed by atoms with E-state index in [0.29, 0.717) is 17.9 Å². The second kappa shape index (κ2) is 7.51. The van der Waals surface area contributed by atoms with Crippen LogP contribution in [0.2, 0.25) is 0 Å². The number of primary sulfonamides is 1. The fourth-order valence-electron chi connectivity index (χ4n) is 2.28. The predicted octanol–water partition coefficient (Wildman–Crippen LogP) is 3.30. The van der Waals surface area contributed by atoms with Gasteiger partial charge in [0.1, 0.15) is 10.6 Å². The number of sulfonamides is 1. The van der Waals surface area contributed by atoms with E-state index in [9.17, 15) is 18.5 Å². The second-order valence-corrected chi connectivity index (χ2v) is 8.84. The molecule has 10 heteroatoms. The lowest BCUT2D eigenvalue weighted by Gasteiger charge is -2.21. The molecule has 0 aliphatic rings. The maximum Gasteiger partial charge on any atom is 0.307 e. The van der Waals surface area contributed by atoms with E-state index in [4.69, 9.17) is 5.14 Å². The molecule has 2 N–H and O–H groups in total. The van der Waals surface area contributed by atoms with Gasteiger partial charge < -0.3 is 4.90 Å². The van der Waals surface area contributed by atoms with Gasteiger partial charge in [-0.2, -0.15) is 0 Å². The number of nitro benzene ring substituents is 1. The Morgan fingerprint density at radius 1 is 1.38 bits per heavy atom. The fourth-order valence-corrected chi connectivity index (χ4v) is 4.90. The standard InChI is InChI=1S/C14H17N3O4S3/c1-3-8-16(2)14-11(24(15,20)21)7-6-10(13(14)17(18)19)23-12-5-4-9-22-12/h4-7,9H,3,8H2,1-2H3,(H2,15,20,21). The van der Waals surface area contributed by atoms with Gasteiger partial charge in [0, 0.05) is 13.6 Å². The summed E-state index contributed by atoms with van der Waals surface area (Å²) in [5.74, 6) is 0. The molecular weight excluding hydrogens is 370 g/mol. The van der Waals surface area contributed by atoms with Crippen LogP contribution in [-0.2, 0) is 10.0 Å². The van der Waals surface area contributed by atoms with E-state index in [2.05, 4.69) is 0 Å². The number of thiophene rings is 1. The molecule has 0 radical (unpaired) electrons. The molecule has 0 aliphatic carbocycles. The van der Waals surface area contributed by atoms with Gasteiger partial charge in [0.25, 0.3) is 0 Å². The van der Waals surface area contributed by atoms with E-state index in [0.717, 1.165) is 4.21 Å². The summed E-state index contributed by atoms with van der Waals surface area (Å²) in [6.45, 7) is 2.37. The largest absolute Gasteiger partial charge is 0.368 e. The number of nitrogens with zero attached hydrogens (tertiary/aromatic N) is 2. The molecule has 0 bridgehead atoms. The second-order valence-electron chi connectivity index (χ2n) is 5.02. The number of nitro groups is 1. The van der Waals surface area contributed by atoms with Gasteiger partial charge in [-0.1, -0.05) is 24.8 Å². The van der Waals surface area contributed by atoms with E-state index in [-0.39, 0.29) is 16.3 Å². The van der Waals surface area contributed by atoms with Gasteiger partial charge in [-0.15, -0.1) is 11.3 Å². The zero-order chi connectivity index (χ0) is 17.9. The molecule has 0 spiro atoms. The molecule has 1 heterocycles. The number of nitrogens with two attached hydrogens (primary N) is 1. The number of hydrogen-bond acceptors (Lipinski definition) is 7. The Morgan fingerprint density at radius 2 is 2.08 bits per heavy atom. The molecule has 0 saturated carbocycles. The fraction of sp³-hybridized carbons (Fsp3) is 0.286. The molecule has 0 unspecified atom stereocenters. The molecule has 0 amide bonds. The predicted molar refractivity (Wildman–Crippen MR) is 96.5 cm³/mol. The van der Waals surface area contributed by atoms with Crippen LogP contribution in [0, 0.1) is 10.1 Å². The third kappa shape index (κ3) is 4.07. The lowest BCUT2D eigenvalue weighted by Crippen LogP contribution is -2.24. The molecule has 24 heavy (non-hydrogen) atoms. The lowest BCUT2D eigenvalue weighted by molar-refractivity contribution is -0.387. The van der Waals surface area contributed by atoms with Crippen molar-refractivity contribution in [2.24, 2.45) is 5.14 Å². The maximum atomic E-state index is 11.9. The van der Waals surface area contributed by atoms with Crippen molar-refractivity contribution in [3.8, 4) is 0 Å². The Bertz CT molecular complexity index is 835. The van der Waals surface area contributed by atoms with Crippen LogP contribution in [0.4, 0.5) is 11.4 Å². The Kier molecular flexibility index (Phi) is 5.86. The average Bonchev–Trinajstić information content (AvgIpc) is 2.98. The Labute approximate surface area is 148 Å². The van der Waals surface area contributed by atoms with Crippen molar-refractivity contribution in [2.45, 2.75) is 27.3 Å². The van der Waals surface area contributed by atoms with Crippen LogP contribution in [0.5, 0.6) is 0 Å². The minimum atomic E-state index is -4.08. The van der Waals surface area contributed by atoms with E-state index in [1.165, 1.54) is 35.2 Å². The molecule has 0 aliphatic heterocycles. The van der Waals surface area contributed by atoms with Gasteiger partial charge in [0.2, 0.25) is 10.0 Å². The molecule has 2 rings (SSSR count). The highest BCUT2D eigenvalue weighted by molar-refractivity contribution is 8.01. The minimum Gasteiger partial charge on any atom is -0.368 e. The number of benzene rings is 1. The number of rotatable bonds is 7. The van der Waals surface area contributed by atoms with Crippen molar-refractivity contribution >= 4 is 44.5 Å². The molecule has 0 fully saturated rings. The van der Waals surface area contributed by atoms with Crippen molar-refractivity contribution < 1.29 is 13.3 Å². The minimum absolute atomic E-state index is 0.0332. The smallest absolute Gasteiger partial charge is 0.307 e. The summed E-state index contributed by atoms with van der Waals surface area (Å²) in [7, 11) is -2.46. The number of anilines is 1. The summed E-state index contributed by atoms with van der Waals surface area (Å²) in [5.41, 5.74) is -0.207. The Hall–Kier alpha value is -1.62.